The van der Waals surface area contributed by atoms with E-state index in [-0.39, 0.29) is 12.3 Å². The van der Waals surface area contributed by atoms with Crippen LogP contribution in [0.15, 0.2) is 30.3 Å². The average molecular weight is 570 g/mol. The molecule has 6 nitrogen and oxygen atoms in total. The third-order valence-electron chi connectivity index (χ3n) is 7.84. The molecule has 1 aliphatic heterocycles. The van der Waals surface area contributed by atoms with Gasteiger partial charge >= 0.3 is 5.97 Å². The Bertz CT molecular complexity index is 1140. The summed E-state index contributed by atoms with van der Waals surface area (Å²) < 4.78 is 80.0. The van der Waals surface area contributed by atoms with Crippen LogP contribution >= 0.6 is 0 Å². The molecule has 2 aliphatic rings. The number of hydrogen-bond acceptors (Lipinski definition) is 5. The molecule has 1 saturated carbocycles. The molecule has 0 spiro atoms. The van der Waals surface area contributed by atoms with Gasteiger partial charge in [-0.25, -0.2) is 23.1 Å². The van der Waals surface area contributed by atoms with Crippen LogP contribution in [0.5, 0.6) is 5.75 Å². The normalized spacial score (nSPS) is 22.8. The maximum atomic E-state index is 14.3. The molecule has 1 amide bonds. The maximum Gasteiger partial charge on any atom is 0.316 e. The second kappa shape index (κ2) is 13.5. The van der Waals surface area contributed by atoms with Gasteiger partial charge in [0.1, 0.15) is 0 Å². The molecule has 0 radical (unpaired) electrons. The summed E-state index contributed by atoms with van der Waals surface area (Å²) in [5.74, 6) is -15.1. The monoisotopic (exact) mass is 569 g/mol. The summed E-state index contributed by atoms with van der Waals surface area (Å²) in [5, 5.41) is 0.899. The number of carbonyl (C=O) groups is 2. The Balaban J connectivity index is 1.53. The van der Waals surface area contributed by atoms with Crippen LogP contribution in [0.3, 0.4) is 0 Å². The van der Waals surface area contributed by atoms with Crippen LogP contribution in [-0.4, -0.2) is 36.4 Å². The molecule has 11 heteroatoms. The van der Waals surface area contributed by atoms with Gasteiger partial charge in [0.25, 0.3) is 0 Å². The van der Waals surface area contributed by atoms with Crippen LogP contribution in [0, 0.1) is 40.9 Å². The van der Waals surface area contributed by atoms with Crippen molar-refractivity contribution in [2.45, 2.75) is 76.5 Å². The summed E-state index contributed by atoms with van der Waals surface area (Å²) in [5.41, 5.74) is 1.21. The zero-order valence-corrected chi connectivity index (χ0v) is 22.1. The summed E-state index contributed by atoms with van der Waals surface area (Å²) in [6, 6.07) is 9.00. The first-order valence-corrected chi connectivity index (χ1v) is 13.5. The van der Waals surface area contributed by atoms with E-state index in [9.17, 15) is 31.5 Å². The van der Waals surface area contributed by atoms with Crippen molar-refractivity contribution in [3.05, 3.63) is 65.0 Å². The van der Waals surface area contributed by atoms with Crippen LogP contribution in [0.1, 0.15) is 69.8 Å². The number of carbonyl (C=O) groups excluding carboxylic acids is 2. The lowest BCUT2D eigenvalue weighted by Gasteiger charge is -2.36. The molecule has 1 saturated heterocycles. The maximum absolute atomic E-state index is 14.3. The van der Waals surface area contributed by atoms with Crippen LogP contribution < -0.4 is 4.74 Å². The molecule has 0 aromatic heterocycles. The van der Waals surface area contributed by atoms with Gasteiger partial charge in [-0.05, 0) is 69.3 Å². The number of esters is 1. The van der Waals surface area contributed by atoms with E-state index in [1.165, 1.54) is 12.5 Å². The number of hydrogen-bond donors (Lipinski definition) is 0. The second-order valence-electron chi connectivity index (χ2n) is 10.4. The number of nitrogens with zero attached hydrogens (tertiary/aromatic N) is 1. The highest BCUT2D eigenvalue weighted by Crippen LogP contribution is 2.40. The summed E-state index contributed by atoms with van der Waals surface area (Å²) in [6.07, 6.45) is 5.08. The van der Waals surface area contributed by atoms with Crippen LogP contribution in [-0.2, 0) is 19.2 Å². The minimum Gasteiger partial charge on any atom is -0.420 e. The number of hydroxylamine groups is 2. The zero-order chi connectivity index (χ0) is 28.8. The highest BCUT2D eigenvalue weighted by Gasteiger charge is 2.38. The minimum atomic E-state index is -2.36. The summed E-state index contributed by atoms with van der Waals surface area (Å²) in [7, 11) is 0. The van der Waals surface area contributed by atoms with Crippen molar-refractivity contribution < 1.29 is 45.9 Å². The fourth-order valence-electron chi connectivity index (χ4n) is 5.48. The Morgan fingerprint density at radius 1 is 0.950 bits per heavy atom. The molecule has 40 heavy (non-hydrogen) atoms. The SMILES string of the molecule is C[C@@H]([C@@H](CC1CCC(c2ccccc2)CC1)C(=O)Oc1c(F)c(F)c(F)c(F)c1F)N(C=O)OC1CCCCO1. The molecule has 1 aliphatic carbocycles. The van der Waals surface area contributed by atoms with Gasteiger partial charge in [-0.2, -0.15) is 8.78 Å². The average Bonchev–Trinajstić information content (AvgIpc) is 2.99. The van der Waals surface area contributed by atoms with Gasteiger partial charge in [0, 0.05) is 13.0 Å². The Labute approximate surface area is 229 Å². The van der Waals surface area contributed by atoms with E-state index in [2.05, 4.69) is 12.1 Å². The zero-order valence-electron chi connectivity index (χ0n) is 22.1. The van der Waals surface area contributed by atoms with Crippen molar-refractivity contribution in [1.82, 2.24) is 5.06 Å². The summed E-state index contributed by atoms with van der Waals surface area (Å²) in [4.78, 5) is 30.9. The molecule has 3 atom stereocenters. The summed E-state index contributed by atoms with van der Waals surface area (Å²) in [6.45, 7) is 1.93. The first-order valence-electron chi connectivity index (χ1n) is 13.5. The van der Waals surface area contributed by atoms with E-state index in [0.717, 1.165) is 43.6 Å². The molecule has 2 fully saturated rings. The van der Waals surface area contributed by atoms with E-state index in [1.54, 1.807) is 0 Å². The fourth-order valence-corrected chi connectivity index (χ4v) is 5.48. The molecule has 0 N–H and O–H groups in total. The molecular formula is C29H32F5NO5. The van der Waals surface area contributed by atoms with E-state index in [4.69, 9.17) is 14.3 Å². The van der Waals surface area contributed by atoms with Crippen molar-refractivity contribution in [2.24, 2.45) is 11.8 Å². The van der Waals surface area contributed by atoms with Crippen molar-refractivity contribution in [2.75, 3.05) is 6.61 Å². The highest BCUT2D eigenvalue weighted by atomic mass is 19.2. The van der Waals surface area contributed by atoms with Crippen molar-refractivity contribution >= 4 is 12.4 Å². The minimum absolute atomic E-state index is 0.0178. The number of amides is 1. The molecule has 2 aromatic carbocycles. The quantitative estimate of drug-likeness (QED) is 0.0616. The number of halogens is 5. The van der Waals surface area contributed by atoms with Gasteiger partial charge in [0.2, 0.25) is 41.2 Å². The van der Waals surface area contributed by atoms with Gasteiger partial charge in [-0.15, -0.1) is 0 Å². The number of rotatable bonds is 10. The predicted octanol–water partition coefficient (Wildman–Crippen LogP) is 6.57. The first kappa shape index (κ1) is 29.9. The second-order valence-corrected chi connectivity index (χ2v) is 10.4. The Morgan fingerprint density at radius 3 is 2.15 bits per heavy atom. The van der Waals surface area contributed by atoms with Crippen molar-refractivity contribution in [1.29, 1.82) is 0 Å². The predicted molar refractivity (Wildman–Crippen MR) is 133 cm³/mol. The lowest BCUT2D eigenvalue weighted by Crippen LogP contribution is -2.46. The van der Waals surface area contributed by atoms with Gasteiger partial charge in [0.15, 0.2) is 6.29 Å². The molecule has 218 valence electrons. The summed E-state index contributed by atoms with van der Waals surface area (Å²) >= 11 is 0. The van der Waals surface area contributed by atoms with Gasteiger partial charge in [0.05, 0.1) is 12.0 Å². The van der Waals surface area contributed by atoms with Gasteiger partial charge in [-0.3, -0.25) is 9.59 Å². The third kappa shape index (κ3) is 6.80. The van der Waals surface area contributed by atoms with E-state index in [0.29, 0.717) is 25.4 Å². The molecule has 0 bridgehead atoms. The van der Waals surface area contributed by atoms with Crippen LogP contribution in [0.25, 0.3) is 0 Å². The topological polar surface area (TPSA) is 65.1 Å². The smallest absolute Gasteiger partial charge is 0.316 e. The molecule has 4 rings (SSSR count). The van der Waals surface area contributed by atoms with Crippen molar-refractivity contribution in [3.8, 4) is 5.75 Å². The van der Waals surface area contributed by atoms with Crippen LogP contribution in [0.2, 0.25) is 0 Å². The molecule has 1 unspecified atom stereocenters. The first-order chi connectivity index (χ1) is 19.2. The third-order valence-corrected chi connectivity index (χ3v) is 7.84. The largest absolute Gasteiger partial charge is 0.420 e. The molecule has 1 heterocycles. The highest BCUT2D eigenvalue weighted by molar-refractivity contribution is 5.76. The van der Waals surface area contributed by atoms with E-state index >= 15 is 0 Å². The molecule has 2 aromatic rings. The Morgan fingerprint density at radius 2 is 1.57 bits per heavy atom. The number of ether oxygens (including phenoxy) is 2. The lowest BCUT2D eigenvalue weighted by atomic mass is 9.75. The lowest BCUT2D eigenvalue weighted by molar-refractivity contribution is -0.288. The van der Waals surface area contributed by atoms with Gasteiger partial charge < -0.3 is 9.47 Å². The van der Waals surface area contributed by atoms with Crippen molar-refractivity contribution in [3.63, 3.8) is 0 Å². The van der Waals surface area contributed by atoms with Crippen LogP contribution in [0.4, 0.5) is 22.0 Å². The van der Waals surface area contributed by atoms with Gasteiger partial charge in [-0.1, -0.05) is 30.3 Å². The van der Waals surface area contributed by atoms with E-state index in [1.807, 2.05) is 18.2 Å². The Hall–Kier alpha value is -3.05. The standard InChI is InChI=1S/C29H32F5NO5/c1-17(35(16-36)40-22-9-5-6-14-38-22)21(15-18-10-12-20(13-11-18)19-7-3-2-4-8-19)29(37)39-28-26(33)24(31)23(30)25(32)27(28)34/h2-4,7-8,16-18,20-22H,5-6,9-15H2,1H3/t17-,18?,20?,21+,22?/m0/s1. The Kier molecular flexibility index (Phi) is 10.1. The fraction of sp³-hybridized carbons (Fsp3) is 0.517. The molecular weight excluding hydrogens is 537 g/mol. The number of benzene rings is 2. The van der Waals surface area contributed by atoms with E-state index < -0.39 is 59.1 Å².